The molecule has 1 aromatic carbocycles. The molecule has 3 heteroatoms. The van der Waals surface area contributed by atoms with E-state index < -0.39 is 6.10 Å². The standard InChI is InChI=1S/C15H24O3/c1-11-6-7-12(14(10-11)17-4)13(16)8-9-15(2,3)18-5/h6-7,10,13,16H,8-9H2,1-5H3. The molecule has 3 nitrogen and oxygen atoms in total. The molecule has 1 aromatic rings. The third-order valence-corrected chi connectivity index (χ3v) is 3.32. The van der Waals surface area contributed by atoms with Crippen LogP contribution in [0.1, 0.15) is 43.9 Å². The second-order valence-corrected chi connectivity index (χ2v) is 5.26. The summed E-state index contributed by atoms with van der Waals surface area (Å²) in [5.41, 5.74) is 1.76. The average Bonchev–Trinajstić information content (AvgIpc) is 2.36. The van der Waals surface area contributed by atoms with Gasteiger partial charge in [0.1, 0.15) is 5.75 Å². The SMILES string of the molecule is COc1cc(C)ccc1C(O)CCC(C)(C)OC. The molecule has 0 bridgehead atoms. The number of hydrogen-bond donors (Lipinski definition) is 1. The van der Waals surface area contributed by atoms with Crippen molar-refractivity contribution in [1.29, 1.82) is 0 Å². The van der Waals surface area contributed by atoms with Crippen LogP contribution in [0.4, 0.5) is 0 Å². The molecular formula is C15H24O3. The van der Waals surface area contributed by atoms with E-state index in [0.29, 0.717) is 6.42 Å². The van der Waals surface area contributed by atoms with Crippen LogP contribution in [0, 0.1) is 6.92 Å². The van der Waals surface area contributed by atoms with E-state index in [2.05, 4.69) is 0 Å². The lowest BCUT2D eigenvalue weighted by atomic mass is 9.95. The van der Waals surface area contributed by atoms with E-state index >= 15 is 0 Å². The fourth-order valence-corrected chi connectivity index (χ4v) is 1.84. The molecule has 0 radical (unpaired) electrons. The highest BCUT2D eigenvalue weighted by Gasteiger charge is 2.20. The minimum Gasteiger partial charge on any atom is -0.496 e. The van der Waals surface area contributed by atoms with Gasteiger partial charge >= 0.3 is 0 Å². The van der Waals surface area contributed by atoms with Crippen LogP contribution in [-0.4, -0.2) is 24.9 Å². The van der Waals surface area contributed by atoms with E-state index in [-0.39, 0.29) is 5.60 Å². The highest BCUT2D eigenvalue weighted by molar-refractivity contribution is 5.38. The Morgan fingerprint density at radius 3 is 2.50 bits per heavy atom. The van der Waals surface area contributed by atoms with Crippen LogP contribution in [0.15, 0.2) is 18.2 Å². The van der Waals surface area contributed by atoms with Crippen LogP contribution in [-0.2, 0) is 4.74 Å². The van der Waals surface area contributed by atoms with Gasteiger partial charge in [0.2, 0.25) is 0 Å². The topological polar surface area (TPSA) is 38.7 Å². The van der Waals surface area contributed by atoms with E-state index in [0.717, 1.165) is 23.3 Å². The first-order valence-corrected chi connectivity index (χ1v) is 6.27. The number of ether oxygens (including phenoxy) is 2. The molecule has 0 heterocycles. The van der Waals surface area contributed by atoms with Crippen LogP contribution < -0.4 is 4.74 Å². The lowest BCUT2D eigenvalue weighted by Gasteiger charge is -2.24. The molecule has 1 unspecified atom stereocenters. The van der Waals surface area contributed by atoms with Crippen LogP contribution in [0.5, 0.6) is 5.75 Å². The van der Waals surface area contributed by atoms with Crippen molar-refractivity contribution in [2.24, 2.45) is 0 Å². The van der Waals surface area contributed by atoms with Crippen molar-refractivity contribution in [1.82, 2.24) is 0 Å². The second kappa shape index (κ2) is 6.21. The summed E-state index contributed by atoms with van der Waals surface area (Å²) in [6.07, 6.45) is 0.928. The highest BCUT2D eigenvalue weighted by atomic mass is 16.5. The van der Waals surface area contributed by atoms with Crippen LogP contribution in [0.25, 0.3) is 0 Å². The molecule has 1 rings (SSSR count). The van der Waals surface area contributed by atoms with E-state index in [1.165, 1.54) is 0 Å². The fraction of sp³-hybridized carbons (Fsp3) is 0.600. The Morgan fingerprint density at radius 1 is 1.28 bits per heavy atom. The maximum absolute atomic E-state index is 10.2. The molecular weight excluding hydrogens is 228 g/mol. The van der Waals surface area contributed by atoms with Crippen molar-refractivity contribution in [3.05, 3.63) is 29.3 Å². The number of benzene rings is 1. The van der Waals surface area contributed by atoms with Crippen molar-refractivity contribution in [2.45, 2.75) is 45.3 Å². The molecule has 1 atom stereocenters. The van der Waals surface area contributed by atoms with E-state index in [4.69, 9.17) is 9.47 Å². The first-order valence-electron chi connectivity index (χ1n) is 6.27. The van der Waals surface area contributed by atoms with E-state index in [1.54, 1.807) is 14.2 Å². The van der Waals surface area contributed by atoms with Crippen LogP contribution in [0.2, 0.25) is 0 Å². The van der Waals surface area contributed by atoms with Gasteiger partial charge in [-0.2, -0.15) is 0 Å². The van der Waals surface area contributed by atoms with Crippen molar-refractivity contribution in [3.63, 3.8) is 0 Å². The number of aliphatic hydroxyl groups is 1. The second-order valence-electron chi connectivity index (χ2n) is 5.26. The predicted octanol–water partition coefficient (Wildman–Crippen LogP) is 3.24. The van der Waals surface area contributed by atoms with Gasteiger partial charge in [-0.3, -0.25) is 0 Å². The van der Waals surface area contributed by atoms with Gasteiger partial charge in [0.25, 0.3) is 0 Å². The molecule has 0 aliphatic rings. The Labute approximate surface area is 110 Å². The average molecular weight is 252 g/mol. The zero-order valence-corrected chi connectivity index (χ0v) is 12.0. The summed E-state index contributed by atoms with van der Waals surface area (Å²) in [6.45, 7) is 6.05. The van der Waals surface area contributed by atoms with Gasteiger partial charge in [-0.25, -0.2) is 0 Å². The summed E-state index contributed by atoms with van der Waals surface area (Å²) >= 11 is 0. The molecule has 0 amide bonds. The van der Waals surface area contributed by atoms with Crippen molar-refractivity contribution >= 4 is 0 Å². The molecule has 0 saturated carbocycles. The molecule has 0 aromatic heterocycles. The zero-order chi connectivity index (χ0) is 13.8. The van der Waals surface area contributed by atoms with Gasteiger partial charge in [0.05, 0.1) is 18.8 Å². The molecule has 0 fully saturated rings. The molecule has 18 heavy (non-hydrogen) atoms. The molecule has 0 spiro atoms. The minimum absolute atomic E-state index is 0.209. The molecule has 0 saturated heterocycles. The summed E-state index contributed by atoms with van der Waals surface area (Å²) in [5, 5.41) is 10.2. The summed E-state index contributed by atoms with van der Waals surface area (Å²) in [6, 6.07) is 5.86. The van der Waals surface area contributed by atoms with Gasteiger partial charge < -0.3 is 14.6 Å². The summed E-state index contributed by atoms with van der Waals surface area (Å²) in [7, 11) is 3.32. The van der Waals surface area contributed by atoms with Gasteiger partial charge in [0.15, 0.2) is 0 Å². The number of rotatable bonds is 6. The Kier molecular flexibility index (Phi) is 5.17. The Bertz CT molecular complexity index is 385. The number of aryl methyl sites for hydroxylation is 1. The number of methoxy groups -OCH3 is 2. The lowest BCUT2D eigenvalue weighted by Crippen LogP contribution is -2.23. The molecule has 102 valence electrons. The molecule has 1 N–H and O–H groups in total. The summed E-state index contributed by atoms with van der Waals surface area (Å²) in [4.78, 5) is 0. The maximum atomic E-state index is 10.2. The highest BCUT2D eigenvalue weighted by Crippen LogP contribution is 2.31. The van der Waals surface area contributed by atoms with E-state index in [1.807, 2.05) is 39.0 Å². The van der Waals surface area contributed by atoms with Crippen LogP contribution in [0.3, 0.4) is 0 Å². The molecule has 0 aliphatic carbocycles. The third kappa shape index (κ3) is 4.00. The van der Waals surface area contributed by atoms with Crippen LogP contribution >= 0.6 is 0 Å². The quantitative estimate of drug-likeness (QED) is 0.844. The maximum Gasteiger partial charge on any atom is 0.124 e. The summed E-state index contributed by atoms with van der Waals surface area (Å²) < 4.78 is 10.7. The zero-order valence-electron chi connectivity index (χ0n) is 12.0. The smallest absolute Gasteiger partial charge is 0.124 e. The van der Waals surface area contributed by atoms with Gasteiger partial charge in [-0.05, 0) is 45.2 Å². The van der Waals surface area contributed by atoms with Crippen molar-refractivity contribution in [3.8, 4) is 5.75 Å². The number of aliphatic hydroxyl groups excluding tert-OH is 1. The normalized spacial score (nSPS) is 13.4. The first kappa shape index (κ1) is 15.0. The van der Waals surface area contributed by atoms with Gasteiger partial charge in [0, 0.05) is 12.7 Å². The monoisotopic (exact) mass is 252 g/mol. The van der Waals surface area contributed by atoms with Crippen molar-refractivity contribution in [2.75, 3.05) is 14.2 Å². The Hall–Kier alpha value is -1.06. The Balaban J connectivity index is 2.75. The van der Waals surface area contributed by atoms with E-state index in [9.17, 15) is 5.11 Å². The minimum atomic E-state index is -0.519. The third-order valence-electron chi connectivity index (χ3n) is 3.32. The summed E-state index contributed by atoms with van der Waals surface area (Å²) in [5.74, 6) is 0.748. The largest absolute Gasteiger partial charge is 0.496 e. The van der Waals surface area contributed by atoms with Gasteiger partial charge in [-0.1, -0.05) is 12.1 Å². The lowest BCUT2D eigenvalue weighted by molar-refractivity contribution is 0.00259. The molecule has 0 aliphatic heterocycles. The number of hydrogen-bond acceptors (Lipinski definition) is 3. The fourth-order valence-electron chi connectivity index (χ4n) is 1.84. The predicted molar refractivity (Wildman–Crippen MR) is 73.0 cm³/mol. The first-order chi connectivity index (χ1) is 8.39. The van der Waals surface area contributed by atoms with Crippen molar-refractivity contribution < 1.29 is 14.6 Å². The Morgan fingerprint density at radius 2 is 1.94 bits per heavy atom. The van der Waals surface area contributed by atoms with Gasteiger partial charge in [-0.15, -0.1) is 0 Å².